The topological polar surface area (TPSA) is 107 Å². The molecule has 1 aliphatic rings. The minimum absolute atomic E-state index is 0.0970. The molecule has 0 amide bonds. The third kappa shape index (κ3) is 3.25. The zero-order chi connectivity index (χ0) is 13.8. The van der Waals surface area contributed by atoms with Gasteiger partial charge in [-0.1, -0.05) is 13.3 Å². The Morgan fingerprint density at radius 3 is 3.05 bits per heavy atom. The van der Waals surface area contributed by atoms with Crippen molar-refractivity contribution in [2.24, 2.45) is 0 Å². The lowest BCUT2D eigenvalue weighted by Gasteiger charge is -2.19. The molecule has 1 heterocycles. The Morgan fingerprint density at radius 1 is 1.63 bits per heavy atom. The average Bonchev–Trinajstić information content (AvgIpc) is 2.77. The van der Waals surface area contributed by atoms with Crippen molar-refractivity contribution in [2.45, 2.75) is 37.5 Å². The monoisotopic (exact) mass is 283 g/mol. The summed E-state index contributed by atoms with van der Waals surface area (Å²) in [5, 5.41) is 14.4. The van der Waals surface area contributed by atoms with Gasteiger partial charge in [-0.15, -0.1) is 0 Å². The van der Waals surface area contributed by atoms with Gasteiger partial charge in [0.15, 0.2) is 0 Å². The van der Waals surface area contributed by atoms with Crippen molar-refractivity contribution in [1.82, 2.24) is 9.97 Å². The maximum absolute atomic E-state index is 10.6. The first kappa shape index (κ1) is 13.9. The van der Waals surface area contributed by atoms with Gasteiger partial charge in [0.1, 0.15) is 6.20 Å². The molecule has 1 aliphatic carbocycles. The van der Waals surface area contributed by atoms with Crippen LogP contribution in [0.3, 0.4) is 0 Å². The molecule has 104 valence electrons. The van der Waals surface area contributed by atoms with Crippen molar-refractivity contribution >= 4 is 29.2 Å². The highest BCUT2D eigenvalue weighted by Crippen LogP contribution is 2.31. The molecule has 0 aliphatic heterocycles. The Kier molecular flexibility index (Phi) is 4.41. The first-order chi connectivity index (χ1) is 9.11. The first-order valence-electron chi connectivity index (χ1n) is 6.27. The zero-order valence-corrected chi connectivity index (χ0v) is 11.5. The Bertz CT molecular complexity index is 470. The number of nitrogen functional groups attached to an aromatic ring is 1. The van der Waals surface area contributed by atoms with Gasteiger partial charge in [-0.05, 0) is 18.6 Å². The molecule has 1 fully saturated rings. The Hall–Kier alpha value is -1.57. The average molecular weight is 283 g/mol. The van der Waals surface area contributed by atoms with Crippen LogP contribution in [0.25, 0.3) is 0 Å². The van der Waals surface area contributed by atoms with E-state index in [0.29, 0.717) is 17.2 Å². The minimum Gasteiger partial charge on any atom is -0.378 e. The smallest absolute Gasteiger partial charge is 0.329 e. The van der Waals surface area contributed by atoms with E-state index in [1.165, 1.54) is 12.8 Å². The molecule has 1 aromatic heterocycles. The molecule has 0 bridgehead atoms. The molecule has 0 spiro atoms. The molecule has 0 radical (unpaired) electrons. The van der Waals surface area contributed by atoms with Gasteiger partial charge in [0.05, 0.1) is 4.92 Å². The Morgan fingerprint density at radius 2 is 2.42 bits per heavy atom. The van der Waals surface area contributed by atoms with Gasteiger partial charge in [0, 0.05) is 11.3 Å². The SMILES string of the molecule is CCSC1CCCC1Nc1ncc([N+](=O)[O-])c(N)n1. The Balaban J connectivity index is 2.07. The number of nitrogens with one attached hydrogen (secondary N) is 1. The van der Waals surface area contributed by atoms with E-state index in [4.69, 9.17) is 5.73 Å². The number of nitro groups is 1. The molecule has 8 heteroatoms. The summed E-state index contributed by atoms with van der Waals surface area (Å²) < 4.78 is 0. The van der Waals surface area contributed by atoms with Crippen LogP contribution in [0.15, 0.2) is 6.20 Å². The molecule has 1 aromatic rings. The lowest BCUT2D eigenvalue weighted by atomic mass is 10.2. The fourth-order valence-electron chi connectivity index (χ4n) is 2.27. The molecule has 1 saturated carbocycles. The highest BCUT2D eigenvalue weighted by molar-refractivity contribution is 7.99. The summed E-state index contributed by atoms with van der Waals surface area (Å²) in [6, 6.07) is 0.311. The molecule has 3 N–H and O–H groups in total. The summed E-state index contributed by atoms with van der Waals surface area (Å²) in [7, 11) is 0. The van der Waals surface area contributed by atoms with Crippen LogP contribution in [0.4, 0.5) is 17.5 Å². The van der Waals surface area contributed by atoms with E-state index < -0.39 is 4.92 Å². The van der Waals surface area contributed by atoms with Gasteiger partial charge in [-0.25, -0.2) is 4.98 Å². The third-order valence-corrected chi connectivity index (χ3v) is 4.47. The van der Waals surface area contributed by atoms with Crippen molar-refractivity contribution < 1.29 is 4.92 Å². The van der Waals surface area contributed by atoms with Crippen molar-refractivity contribution in [1.29, 1.82) is 0 Å². The largest absolute Gasteiger partial charge is 0.378 e. The van der Waals surface area contributed by atoms with Crippen LogP contribution in [0.5, 0.6) is 0 Å². The number of aromatic nitrogens is 2. The minimum atomic E-state index is -0.579. The summed E-state index contributed by atoms with van der Waals surface area (Å²) in [6.07, 6.45) is 4.58. The van der Waals surface area contributed by atoms with E-state index in [-0.39, 0.29) is 11.5 Å². The summed E-state index contributed by atoms with van der Waals surface area (Å²) in [5.74, 6) is 1.35. The molecule has 2 atom stereocenters. The lowest BCUT2D eigenvalue weighted by molar-refractivity contribution is -0.384. The van der Waals surface area contributed by atoms with Crippen molar-refractivity contribution in [3.05, 3.63) is 16.3 Å². The van der Waals surface area contributed by atoms with Crippen LogP contribution >= 0.6 is 11.8 Å². The third-order valence-electron chi connectivity index (χ3n) is 3.14. The van der Waals surface area contributed by atoms with Gasteiger partial charge < -0.3 is 11.1 Å². The summed E-state index contributed by atoms with van der Waals surface area (Å²) >= 11 is 1.92. The van der Waals surface area contributed by atoms with Crippen LogP contribution in [0, 0.1) is 10.1 Å². The first-order valence-corrected chi connectivity index (χ1v) is 7.31. The number of hydrogen-bond acceptors (Lipinski definition) is 7. The molecule has 2 unspecified atom stereocenters. The van der Waals surface area contributed by atoms with Crippen molar-refractivity contribution in [3.8, 4) is 0 Å². The van der Waals surface area contributed by atoms with E-state index in [1.54, 1.807) is 0 Å². The fraction of sp³-hybridized carbons (Fsp3) is 0.636. The second-order valence-electron chi connectivity index (χ2n) is 4.40. The normalized spacial score (nSPS) is 22.4. The van der Waals surface area contributed by atoms with E-state index >= 15 is 0 Å². The molecule has 0 saturated heterocycles. The maximum atomic E-state index is 10.6. The van der Waals surface area contributed by atoms with Crippen molar-refractivity contribution in [3.63, 3.8) is 0 Å². The summed E-state index contributed by atoms with van der Waals surface area (Å²) in [4.78, 5) is 18.0. The van der Waals surface area contributed by atoms with Crippen LogP contribution in [0.2, 0.25) is 0 Å². The molecular weight excluding hydrogens is 266 g/mol. The molecule has 19 heavy (non-hydrogen) atoms. The van der Waals surface area contributed by atoms with E-state index in [2.05, 4.69) is 22.2 Å². The van der Waals surface area contributed by atoms with Crippen molar-refractivity contribution in [2.75, 3.05) is 16.8 Å². The van der Waals surface area contributed by atoms with Gasteiger partial charge >= 0.3 is 5.69 Å². The quantitative estimate of drug-likeness (QED) is 0.629. The van der Waals surface area contributed by atoms with E-state index in [9.17, 15) is 10.1 Å². The number of thioether (sulfide) groups is 1. The molecule has 7 nitrogen and oxygen atoms in total. The van der Waals surface area contributed by atoms with Crippen LogP contribution in [0.1, 0.15) is 26.2 Å². The highest BCUT2D eigenvalue weighted by atomic mass is 32.2. The van der Waals surface area contributed by atoms with Gasteiger partial charge in [-0.3, -0.25) is 10.1 Å². The highest BCUT2D eigenvalue weighted by Gasteiger charge is 2.28. The van der Waals surface area contributed by atoms with Gasteiger partial charge in [0.25, 0.3) is 0 Å². The van der Waals surface area contributed by atoms with Crippen LogP contribution in [-0.4, -0.2) is 31.9 Å². The molecule has 2 rings (SSSR count). The molecular formula is C11H17N5O2S. The lowest BCUT2D eigenvalue weighted by Crippen LogP contribution is -2.27. The summed E-state index contributed by atoms with van der Waals surface area (Å²) in [5.41, 5.74) is 5.30. The van der Waals surface area contributed by atoms with Gasteiger partial charge in [-0.2, -0.15) is 16.7 Å². The zero-order valence-electron chi connectivity index (χ0n) is 10.7. The predicted octanol–water partition coefficient (Wildman–Crippen LogP) is 2.05. The van der Waals surface area contributed by atoms with E-state index in [0.717, 1.165) is 18.4 Å². The van der Waals surface area contributed by atoms with Crippen LogP contribution in [-0.2, 0) is 0 Å². The van der Waals surface area contributed by atoms with Crippen LogP contribution < -0.4 is 11.1 Å². The Labute approximate surface area is 115 Å². The maximum Gasteiger partial charge on any atom is 0.329 e. The van der Waals surface area contributed by atoms with Gasteiger partial charge in [0.2, 0.25) is 11.8 Å². The number of anilines is 2. The standard InChI is InChI=1S/C11H17N5O2S/c1-2-19-9-5-3-4-7(9)14-11-13-6-8(16(17)18)10(12)15-11/h6-7,9H,2-5H2,1H3,(H3,12,13,14,15). The van der Waals surface area contributed by atoms with E-state index in [1.807, 2.05) is 11.8 Å². The molecule has 0 aromatic carbocycles. The predicted molar refractivity (Wildman–Crippen MR) is 76.3 cm³/mol. The second kappa shape index (κ2) is 6.05. The number of nitrogens with two attached hydrogens (primary N) is 1. The second-order valence-corrected chi connectivity index (χ2v) is 5.91. The number of rotatable bonds is 5. The number of nitrogens with zero attached hydrogens (tertiary/aromatic N) is 3. The fourth-order valence-corrected chi connectivity index (χ4v) is 3.47. The number of hydrogen-bond donors (Lipinski definition) is 2. The summed E-state index contributed by atoms with van der Waals surface area (Å²) in [6.45, 7) is 2.14.